The highest BCUT2D eigenvalue weighted by molar-refractivity contribution is 5.97. The number of aromatic nitrogens is 3. The van der Waals surface area contributed by atoms with E-state index in [0.717, 1.165) is 49.5 Å². The van der Waals surface area contributed by atoms with Crippen LogP contribution >= 0.6 is 0 Å². The Hall–Kier alpha value is -2.67. The molecule has 1 fully saturated rings. The summed E-state index contributed by atoms with van der Waals surface area (Å²) in [6.07, 6.45) is 2.17. The Bertz CT molecular complexity index is 892. The number of carbonyl (C=O) groups is 1. The number of piperidine rings is 1. The second-order valence-corrected chi connectivity index (χ2v) is 6.97. The minimum atomic E-state index is -0.0524. The first-order valence-corrected chi connectivity index (χ1v) is 9.04. The van der Waals surface area contributed by atoms with Crippen LogP contribution in [0.5, 0.6) is 0 Å². The summed E-state index contributed by atoms with van der Waals surface area (Å²) in [5.74, 6) is 2.45. The van der Waals surface area contributed by atoms with Crippen molar-refractivity contribution in [1.29, 1.82) is 0 Å². The monoisotopic (exact) mass is 353 g/mol. The number of amides is 1. The van der Waals surface area contributed by atoms with Crippen LogP contribution in [-0.2, 0) is 6.54 Å². The van der Waals surface area contributed by atoms with Crippen molar-refractivity contribution in [3.63, 3.8) is 0 Å². The number of nitrogens with zero attached hydrogens (tertiary/aromatic N) is 3. The fourth-order valence-corrected chi connectivity index (χ4v) is 3.46. The number of H-pyrrole nitrogens is 1. The third kappa shape index (κ3) is 3.77. The molecule has 2 N–H and O–H groups in total. The molecule has 1 aliphatic heterocycles. The normalized spacial score (nSPS) is 16.2. The van der Waals surface area contributed by atoms with Crippen LogP contribution in [0.15, 0.2) is 34.7 Å². The average molecular weight is 353 g/mol. The molecule has 1 aliphatic rings. The fraction of sp³-hybridized carbons (Fsp3) is 0.421. The van der Waals surface area contributed by atoms with Crippen molar-refractivity contribution in [3.8, 4) is 0 Å². The van der Waals surface area contributed by atoms with Gasteiger partial charge in [-0.3, -0.25) is 9.69 Å². The molecule has 0 saturated carbocycles. The van der Waals surface area contributed by atoms with Gasteiger partial charge in [0, 0.05) is 12.1 Å². The maximum Gasteiger partial charge on any atom is 0.251 e. The largest absolute Gasteiger partial charge is 0.465 e. The molecule has 1 amide bonds. The summed E-state index contributed by atoms with van der Waals surface area (Å²) in [4.78, 5) is 14.8. The molecule has 0 radical (unpaired) electrons. The van der Waals surface area contributed by atoms with Gasteiger partial charge in [-0.15, -0.1) is 0 Å². The van der Waals surface area contributed by atoms with Gasteiger partial charge in [0.05, 0.1) is 6.54 Å². The zero-order valence-electron chi connectivity index (χ0n) is 14.9. The minimum absolute atomic E-state index is 0.0524. The molecule has 0 atom stereocenters. The fourth-order valence-electron chi connectivity index (χ4n) is 3.46. The topological polar surface area (TPSA) is 87.0 Å². The number of rotatable bonds is 5. The number of nitrogens with one attached hydrogen (secondary N) is 2. The first-order chi connectivity index (χ1) is 12.7. The molecule has 1 saturated heterocycles. The SMILES string of the molecule is Cc1ccc(CN2CCC(CNC(=O)c3ccc4n[nH]nc4c3)CC2)o1. The Morgan fingerprint density at radius 2 is 2.04 bits per heavy atom. The summed E-state index contributed by atoms with van der Waals surface area (Å²) in [6.45, 7) is 5.61. The van der Waals surface area contributed by atoms with Crippen molar-refractivity contribution >= 4 is 16.9 Å². The lowest BCUT2D eigenvalue weighted by atomic mass is 9.96. The number of likely N-dealkylation sites (tertiary alicyclic amines) is 1. The van der Waals surface area contributed by atoms with Gasteiger partial charge < -0.3 is 9.73 Å². The molecule has 3 aromatic rings. The zero-order valence-corrected chi connectivity index (χ0v) is 14.9. The van der Waals surface area contributed by atoms with E-state index in [2.05, 4.69) is 25.6 Å². The summed E-state index contributed by atoms with van der Waals surface area (Å²) in [5.41, 5.74) is 2.09. The first-order valence-electron chi connectivity index (χ1n) is 9.04. The van der Waals surface area contributed by atoms with Crippen LogP contribution < -0.4 is 5.32 Å². The predicted octanol–water partition coefficient (Wildman–Crippen LogP) is 2.50. The molecule has 0 aliphatic carbocycles. The maximum atomic E-state index is 12.4. The van der Waals surface area contributed by atoms with E-state index in [4.69, 9.17) is 4.42 Å². The van der Waals surface area contributed by atoms with E-state index in [9.17, 15) is 4.79 Å². The number of fused-ring (bicyclic) bond motifs is 1. The molecule has 0 bridgehead atoms. The van der Waals surface area contributed by atoms with Crippen molar-refractivity contribution in [2.75, 3.05) is 19.6 Å². The van der Waals surface area contributed by atoms with Gasteiger partial charge in [-0.1, -0.05) is 0 Å². The summed E-state index contributed by atoms with van der Waals surface area (Å²) < 4.78 is 5.66. The maximum absolute atomic E-state index is 12.4. The zero-order chi connectivity index (χ0) is 17.9. The van der Waals surface area contributed by atoms with Crippen LogP contribution in [0.1, 0.15) is 34.7 Å². The molecule has 136 valence electrons. The van der Waals surface area contributed by atoms with Crippen LogP contribution in [0.3, 0.4) is 0 Å². The lowest BCUT2D eigenvalue weighted by Gasteiger charge is -2.31. The van der Waals surface area contributed by atoms with Crippen LogP contribution in [0.4, 0.5) is 0 Å². The van der Waals surface area contributed by atoms with E-state index in [-0.39, 0.29) is 5.91 Å². The van der Waals surface area contributed by atoms with Gasteiger partial charge in [-0.25, -0.2) is 0 Å². The van der Waals surface area contributed by atoms with Crippen LogP contribution in [-0.4, -0.2) is 45.9 Å². The highest BCUT2D eigenvalue weighted by Crippen LogP contribution is 2.19. The molecular weight excluding hydrogens is 330 g/mol. The molecule has 0 spiro atoms. The van der Waals surface area contributed by atoms with E-state index in [1.54, 1.807) is 12.1 Å². The van der Waals surface area contributed by atoms with E-state index < -0.39 is 0 Å². The molecule has 4 rings (SSSR count). The highest BCUT2D eigenvalue weighted by atomic mass is 16.3. The highest BCUT2D eigenvalue weighted by Gasteiger charge is 2.21. The third-order valence-electron chi connectivity index (χ3n) is 5.01. The lowest BCUT2D eigenvalue weighted by Crippen LogP contribution is -2.38. The van der Waals surface area contributed by atoms with Crippen molar-refractivity contribution in [1.82, 2.24) is 25.6 Å². The second-order valence-electron chi connectivity index (χ2n) is 6.97. The second kappa shape index (κ2) is 7.29. The van der Waals surface area contributed by atoms with Crippen LogP contribution in [0, 0.1) is 12.8 Å². The van der Waals surface area contributed by atoms with Gasteiger partial charge >= 0.3 is 0 Å². The van der Waals surface area contributed by atoms with Gasteiger partial charge in [0.1, 0.15) is 22.6 Å². The predicted molar refractivity (Wildman–Crippen MR) is 97.7 cm³/mol. The number of hydrogen-bond donors (Lipinski definition) is 2. The Balaban J connectivity index is 1.24. The van der Waals surface area contributed by atoms with Gasteiger partial charge in [0.15, 0.2) is 0 Å². The number of benzene rings is 1. The van der Waals surface area contributed by atoms with Crippen molar-refractivity contribution in [3.05, 3.63) is 47.4 Å². The molecule has 1 aromatic carbocycles. The number of furan rings is 1. The van der Waals surface area contributed by atoms with Crippen molar-refractivity contribution in [2.45, 2.75) is 26.3 Å². The Morgan fingerprint density at radius 1 is 1.23 bits per heavy atom. The Labute approximate surface area is 151 Å². The van der Waals surface area contributed by atoms with Gasteiger partial charge in [-0.05, 0) is 69.1 Å². The third-order valence-corrected chi connectivity index (χ3v) is 5.01. The van der Waals surface area contributed by atoms with Crippen LogP contribution in [0.2, 0.25) is 0 Å². The van der Waals surface area contributed by atoms with Crippen LogP contribution in [0.25, 0.3) is 11.0 Å². The average Bonchev–Trinajstić information content (AvgIpc) is 3.29. The molecular formula is C19H23N5O2. The summed E-state index contributed by atoms with van der Waals surface area (Å²) in [5, 5.41) is 13.7. The number of aromatic amines is 1. The van der Waals surface area contributed by atoms with Gasteiger partial charge in [0.2, 0.25) is 0 Å². The lowest BCUT2D eigenvalue weighted by molar-refractivity contribution is 0.0934. The number of aryl methyl sites for hydroxylation is 1. The number of hydrogen-bond acceptors (Lipinski definition) is 5. The molecule has 2 aromatic heterocycles. The quantitative estimate of drug-likeness (QED) is 0.736. The summed E-state index contributed by atoms with van der Waals surface area (Å²) in [6, 6.07) is 9.42. The minimum Gasteiger partial charge on any atom is -0.465 e. The first kappa shape index (κ1) is 16.8. The van der Waals surface area contributed by atoms with Gasteiger partial charge in [0.25, 0.3) is 5.91 Å². The van der Waals surface area contributed by atoms with Gasteiger partial charge in [-0.2, -0.15) is 15.4 Å². The molecule has 7 heteroatoms. The molecule has 3 heterocycles. The molecule has 26 heavy (non-hydrogen) atoms. The van der Waals surface area contributed by atoms with E-state index in [1.807, 2.05) is 25.1 Å². The standard InChI is InChI=1S/C19H23N5O2/c1-13-2-4-16(26-13)12-24-8-6-14(7-9-24)11-20-19(25)15-3-5-17-18(10-15)22-23-21-17/h2-5,10,14H,6-9,11-12H2,1H3,(H,20,25)(H,21,22,23). The number of carbonyl (C=O) groups excluding carboxylic acids is 1. The Morgan fingerprint density at radius 3 is 2.81 bits per heavy atom. The van der Waals surface area contributed by atoms with Crippen molar-refractivity contribution in [2.24, 2.45) is 5.92 Å². The molecule has 0 unspecified atom stereocenters. The smallest absolute Gasteiger partial charge is 0.251 e. The van der Waals surface area contributed by atoms with E-state index in [1.165, 1.54) is 0 Å². The van der Waals surface area contributed by atoms with Crippen molar-refractivity contribution < 1.29 is 9.21 Å². The van der Waals surface area contributed by atoms with E-state index >= 15 is 0 Å². The molecule has 7 nitrogen and oxygen atoms in total. The summed E-state index contributed by atoms with van der Waals surface area (Å²) >= 11 is 0. The summed E-state index contributed by atoms with van der Waals surface area (Å²) in [7, 11) is 0. The Kier molecular flexibility index (Phi) is 4.71. The van der Waals surface area contributed by atoms with E-state index in [0.29, 0.717) is 23.5 Å².